The summed E-state index contributed by atoms with van der Waals surface area (Å²) in [6, 6.07) is 16.0. The van der Waals surface area contributed by atoms with Crippen LogP contribution in [0.3, 0.4) is 0 Å². The number of rotatable bonds is 5. The van der Waals surface area contributed by atoms with Crippen LogP contribution in [-0.2, 0) is 10.0 Å². The fraction of sp³-hybridized carbons (Fsp3) is 0.238. The van der Waals surface area contributed by atoms with Gasteiger partial charge in [0.15, 0.2) is 0 Å². The van der Waals surface area contributed by atoms with Gasteiger partial charge < -0.3 is 5.32 Å². The van der Waals surface area contributed by atoms with Crippen LogP contribution >= 0.6 is 0 Å². The Balaban J connectivity index is 1.72. The van der Waals surface area contributed by atoms with Gasteiger partial charge in [-0.25, -0.2) is 13.1 Å². The van der Waals surface area contributed by atoms with E-state index in [1.807, 2.05) is 18.2 Å². The van der Waals surface area contributed by atoms with Gasteiger partial charge in [0.25, 0.3) is 0 Å². The van der Waals surface area contributed by atoms with E-state index in [2.05, 4.69) is 53.0 Å². The maximum Gasteiger partial charge on any atom is 0.240 e. The van der Waals surface area contributed by atoms with Crippen molar-refractivity contribution in [3.63, 3.8) is 0 Å². The Morgan fingerprint density at radius 3 is 2.77 bits per heavy atom. The van der Waals surface area contributed by atoms with Crippen molar-refractivity contribution in [2.45, 2.75) is 23.3 Å². The molecule has 0 bridgehead atoms. The molecule has 1 aliphatic heterocycles. The Morgan fingerprint density at radius 2 is 2.00 bits per heavy atom. The van der Waals surface area contributed by atoms with Crippen LogP contribution in [0.1, 0.15) is 29.5 Å². The average molecular weight is 366 g/mol. The summed E-state index contributed by atoms with van der Waals surface area (Å²) in [5.74, 6) is 0.620. The van der Waals surface area contributed by atoms with Crippen LogP contribution < -0.4 is 10.0 Å². The second-order valence-corrected chi connectivity index (χ2v) is 8.54. The van der Waals surface area contributed by atoms with E-state index in [0.29, 0.717) is 10.8 Å². The lowest BCUT2D eigenvalue weighted by molar-refractivity contribution is 0.425. The van der Waals surface area contributed by atoms with E-state index in [1.54, 1.807) is 6.07 Å². The Morgan fingerprint density at radius 1 is 1.19 bits per heavy atom. The van der Waals surface area contributed by atoms with Crippen LogP contribution in [0.4, 0.5) is 5.69 Å². The predicted octanol–water partition coefficient (Wildman–Crippen LogP) is 3.98. The molecule has 0 fully saturated rings. The second-order valence-electron chi connectivity index (χ2n) is 6.78. The van der Waals surface area contributed by atoms with Crippen molar-refractivity contribution >= 4 is 15.7 Å². The third kappa shape index (κ3) is 2.97. The standard InChI is InChI=1S/C21H22N2O2S/c1-2-13-22-26(24,25)16-11-12-20-19(14-16)17-9-6-10-18(17)21(23-20)15-7-4-3-5-8-15/h2-9,11-12,14,17-18,21-23H,1,10,13H2. The number of sulfonamides is 1. The monoisotopic (exact) mass is 366 g/mol. The maximum absolute atomic E-state index is 12.5. The fourth-order valence-electron chi connectivity index (χ4n) is 3.98. The Hall–Kier alpha value is -2.37. The highest BCUT2D eigenvalue weighted by Crippen LogP contribution is 2.50. The van der Waals surface area contributed by atoms with Gasteiger partial charge in [-0.05, 0) is 41.7 Å². The van der Waals surface area contributed by atoms with E-state index in [0.717, 1.165) is 17.7 Å². The van der Waals surface area contributed by atoms with Gasteiger partial charge in [-0.2, -0.15) is 0 Å². The third-order valence-corrected chi connectivity index (χ3v) is 6.64. The lowest BCUT2D eigenvalue weighted by Gasteiger charge is -2.37. The quantitative estimate of drug-likeness (QED) is 0.787. The van der Waals surface area contributed by atoms with E-state index >= 15 is 0 Å². The van der Waals surface area contributed by atoms with Gasteiger partial charge in [0.2, 0.25) is 10.0 Å². The number of hydrogen-bond acceptors (Lipinski definition) is 3. The lowest BCUT2D eigenvalue weighted by atomic mass is 9.77. The van der Waals surface area contributed by atoms with E-state index < -0.39 is 10.0 Å². The van der Waals surface area contributed by atoms with E-state index in [9.17, 15) is 8.42 Å². The first-order chi connectivity index (χ1) is 12.6. The molecule has 0 radical (unpaired) electrons. The molecule has 0 aromatic heterocycles. The van der Waals surface area contributed by atoms with Gasteiger partial charge in [0.05, 0.1) is 10.9 Å². The van der Waals surface area contributed by atoms with Crippen LogP contribution in [0.15, 0.2) is 78.2 Å². The summed E-state index contributed by atoms with van der Waals surface area (Å²) in [6.45, 7) is 3.78. The zero-order valence-corrected chi connectivity index (χ0v) is 15.2. The van der Waals surface area contributed by atoms with Gasteiger partial charge in [0, 0.05) is 18.2 Å². The van der Waals surface area contributed by atoms with Crippen molar-refractivity contribution in [2.24, 2.45) is 5.92 Å². The summed E-state index contributed by atoms with van der Waals surface area (Å²) in [6.07, 6.45) is 6.95. The second kappa shape index (κ2) is 6.74. The number of nitrogens with one attached hydrogen (secondary N) is 2. The summed E-state index contributed by atoms with van der Waals surface area (Å²) in [4.78, 5) is 0.303. The number of benzene rings is 2. The van der Waals surface area contributed by atoms with Crippen molar-refractivity contribution in [3.8, 4) is 0 Å². The van der Waals surface area contributed by atoms with Crippen molar-refractivity contribution < 1.29 is 8.42 Å². The Bertz CT molecular complexity index is 951. The molecule has 2 aromatic rings. The molecule has 0 amide bonds. The number of fused-ring (bicyclic) bond motifs is 3. The third-order valence-electron chi connectivity index (χ3n) is 5.22. The highest BCUT2D eigenvalue weighted by molar-refractivity contribution is 7.89. The Labute approximate surface area is 154 Å². The molecule has 26 heavy (non-hydrogen) atoms. The normalized spacial score (nSPS) is 23.8. The topological polar surface area (TPSA) is 58.2 Å². The first-order valence-corrected chi connectivity index (χ1v) is 10.3. The summed E-state index contributed by atoms with van der Waals surface area (Å²) >= 11 is 0. The molecular weight excluding hydrogens is 344 g/mol. The highest BCUT2D eigenvalue weighted by atomic mass is 32.2. The van der Waals surface area contributed by atoms with Crippen molar-refractivity contribution in [1.29, 1.82) is 0 Å². The summed E-state index contributed by atoms with van der Waals surface area (Å²) < 4.78 is 27.5. The Kier molecular flexibility index (Phi) is 4.42. The van der Waals surface area contributed by atoms with Crippen LogP contribution in [0, 0.1) is 5.92 Å². The van der Waals surface area contributed by atoms with Crippen LogP contribution in [0.2, 0.25) is 0 Å². The molecule has 1 heterocycles. The highest BCUT2D eigenvalue weighted by Gasteiger charge is 2.38. The molecule has 0 saturated carbocycles. The minimum atomic E-state index is -3.52. The molecule has 134 valence electrons. The molecular formula is C21H22N2O2S. The molecule has 4 rings (SSSR count). The molecule has 4 nitrogen and oxygen atoms in total. The number of hydrogen-bond donors (Lipinski definition) is 2. The van der Waals surface area contributed by atoms with Gasteiger partial charge in [-0.1, -0.05) is 48.6 Å². The smallest absolute Gasteiger partial charge is 0.240 e. The molecule has 3 atom stereocenters. The minimum absolute atomic E-state index is 0.222. The van der Waals surface area contributed by atoms with E-state index in [-0.39, 0.29) is 18.5 Å². The van der Waals surface area contributed by atoms with Crippen molar-refractivity contribution in [3.05, 3.63) is 84.5 Å². The van der Waals surface area contributed by atoms with Gasteiger partial charge in [0.1, 0.15) is 0 Å². The van der Waals surface area contributed by atoms with Crippen molar-refractivity contribution in [1.82, 2.24) is 4.72 Å². The first-order valence-electron chi connectivity index (χ1n) is 8.83. The first kappa shape index (κ1) is 17.1. The molecule has 0 spiro atoms. The molecule has 5 heteroatoms. The van der Waals surface area contributed by atoms with Crippen LogP contribution in [0.5, 0.6) is 0 Å². The fourth-order valence-corrected chi connectivity index (χ4v) is 5.02. The number of allylic oxidation sites excluding steroid dienone is 2. The zero-order chi connectivity index (χ0) is 18.1. The van der Waals surface area contributed by atoms with Gasteiger partial charge in [-0.15, -0.1) is 6.58 Å². The number of anilines is 1. The van der Waals surface area contributed by atoms with Crippen LogP contribution in [-0.4, -0.2) is 15.0 Å². The summed E-state index contributed by atoms with van der Waals surface area (Å²) in [5.41, 5.74) is 3.33. The minimum Gasteiger partial charge on any atom is -0.378 e. The molecule has 2 aliphatic rings. The zero-order valence-electron chi connectivity index (χ0n) is 14.4. The van der Waals surface area contributed by atoms with Crippen molar-refractivity contribution in [2.75, 3.05) is 11.9 Å². The largest absolute Gasteiger partial charge is 0.378 e. The molecule has 1 aliphatic carbocycles. The SMILES string of the molecule is C=CCNS(=O)(=O)c1ccc2c(c1)C1C=CCC1C(c1ccccc1)N2. The van der Waals surface area contributed by atoms with Gasteiger partial charge >= 0.3 is 0 Å². The molecule has 3 unspecified atom stereocenters. The molecule has 2 aromatic carbocycles. The molecule has 0 saturated heterocycles. The maximum atomic E-state index is 12.5. The van der Waals surface area contributed by atoms with E-state index in [1.165, 1.54) is 11.6 Å². The summed E-state index contributed by atoms with van der Waals surface area (Å²) in [5, 5.41) is 3.64. The lowest BCUT2D eigenvalue weighted by Crippen LogP contribution is -2.30. The molecule has 2 N–H and O–H groups in total. The summed E-state index contributed by atoms with van der Waals surface area (Å²) in [7, 11) is -3.52. The predicted molar refractivity (Wildman–Crippen MR) is 105 cm³/mol. The average Bonchev–Trinajstić information content (AvgIpc) is 3.16. The van der Waals surface area contributed by atoms with Gasteiger partial charge in [-0.3, -0.25) is 0 Å². The van der Waals surface area contributed by atoms with E-state index in [4.69, 9.17) is 0 Å². The van der Waals surface area contributed by atoms with Crippen LogP contribution in [0.25, 0.3) is 0 Å².